The SMILES string of the molecule is CNC(CCN(C)Cc1ccncc1)C(C)(C)C. The van der Waals surface area contributed by atoms with Crippen molar-refractivity contribution in [1.82, 2.24) is 15.2 Å². The van der Waals surface area contributed by atoms with E-state index in [1.165, 1.54) is 12.0 Å². The third-order valence-corrected chi connectivity index (χ3v) is 3.40. The minimum Gasteiger partial charge on any atom is -0.316 e. The molecule has 0 saturated heterocycles. The Balaban J connectivity index is 2.39. The van der Waals surface area contributed by atoms with Crippen LogP contribution in [-0.2, 0) is 6.54 Å². The molecular weight excluding hydrogens is 222 g/mol. The van der Waals surface area contributed by atoms with Crippen molar-refractivity contribution in [3.05, 3.63) is 30.1 Å². The molecule has 18 heavy (non-hydrogen) atoms. The number of nitrogens with one attached hydrogen (secondary N) is 1. The van der Waals surface area contributed by atoms with Crippen LogP contribution < -0.4 is 5.32 Å². The molecule has 0 aliphatic carbocycles. The van der Waals surface area contributed by atoms with Crippen LogP contribution in [0.25, 0.3) is 0 Å². The van der Waals surface area contributed by atoms with E-state index in [4.69, 9.17) is 0 Å². The quantitative estimate of drug-likeness (QED) is 0.840. The van der Waals surface area contributed by atoms with Crippen LogP contribution >= 0.6 is 0 Å². The molecule has 1 aromatic rings. The molecule has 0 radical (unpaired) electrons. The first-order valence-corrected chi connectivity index (χ1v) is 6.68. The molecule has 0 aliphatic rings. The smallest absolute Gasteiger partial charge is 0.0271 e. The summed E-state index contributed by atoms with van der Waals surface area (Å²) in [5.74, 6) is 0. The Morgan fingerprint density at radius 2 is 1.89 bits per heavy atom. The predicted molar refractivity (Wildman–Crippen MR) is 77.5 cm³/mol. The molecule has 1 heterocycles. The molecule has 3 nitrogen and oxygen atoms in total. The Morgan fingerprint density at radius 3 is 2.39 bits per heavy atom. The van der Waals surface area contributed by atoms with Crippen LogP contribution in [0.1, 0.15) is 32.8 Å². The summed E-state index contributed by atoms with van der Waals surface area (Å²) in [5.41, 5.74) is 1.64. The van der Waals surface area contributed by atoms with E-state index in [0.29, 0.717) is 11.5 Å². The number of hydrogen-bond acceptors (Lipinski definition) is 3. The largest absolute Gasteiger partial charge is 0.316 e. The van der Waals surface area contributed by atoms with Gasteiger partial charge in [-0.1, -0.05) is 20.8 Å². The standard InChI is InChI=1S/C15H27N3/c1-15(2,3)14(16-4)8-11-18(5)12-13-6-9-17-10-7-13/h6-7,9-10,14,16H,8,11-12H2,1-5H3. The Labute approximate surface area is 112 Å². The van der Waals surface area contributed by atoms with Gasteiger partial charge in [0.2, 0.25) is 0 Å². The van der Waals surface area contributed by atoms with Crippen molar-refractivity contribution in [3.8, 4) is 0 Å². The van der Waals surface area contributed by atoms with Gasteiger partial charge in [-0.3, -0.25) is 4.98 Å². The lowest BCUT2D eigenvalue weighted by Gasteiger charge is -2.32. The highest BCUT2D eigenvalue weighted by Crippen LogP contribution is 2.21. The van der Waals surface area contributed by atoms with Gasteiger partial charge in [0.05, 0.1) is 0 Å². The highest BCUT2D eigenvalue weighted by molar-refractivity contribution is 5.09. The van der Waals surface area contributed by atoms with E-state index >= 15 is 0 Å². The lowest BCUT2D eigenvalue weighted by atomic mass is 9.85. The van der Waals surface area contributed by atoms with Crippen molar-refractivity contribution in [3.63, 3.8) is 0 Å². The van der Waals surface area contributed by atoms with E-state index in [9.17, 15) is 0 Å². The molecular formula is C15H27N3. The fourth-order valence-electron chi connectivity index (χ4n) is 2.24. The van der Waals surface area contributed by atoms with Crippen molar-refractivity contribution < 1.29 is 0 Å². The summed E-state index contributed by atoms with van der Waals surface area (Å²) >= 11 is 0. The van der Waals surface area contributed by atoms with Crippen LogP contribution in [0.4, 0.5) is 0 Å². The van der Waals surface area contributed by atoms with Gasteiger partial charge in [0.25, 0.3) is 0 Å². The second-order valence-corrected chi connectivity index (χ2v) is 6.09. The molecule has 0 saturated carbocycles. The third kappa shape index (κ3) is 5.15. The molecule has 1 atom stereocenters. The van der Waals surface area contributed by atoms with E-state index in [1.807, 2.05) is 12.4 Å². The van der Waals surface area contributed by atoms with E-state index in [0.717, 1.165) is 13.1 Å². The minimum atomic E-state index is 0.312. The number of pyridine rings is 1. The zero-order chi connectivity index (χ0) is 13.6. The molecule has 0 aromatic carbocycles. The fraction of sp³-hybridized carbons (Fsp3) is 0.667. The lowest BCUT2D eigenvalue weighted by Crippen LogP contribution is -2.40. The van der Waals surface area contributed by atoms with Gasteiger partial charge >= 0.3 is 0 Å². The number of rotatable bonds is 6. The van der Waals surface area contributed by atoms with Crippen molar-refractivity contribution in [2.75, 3.05) is 20.6 Å². The molecule has 3 heteroatoms. The molecule has 1 N–H and O–H groups in total. The summed E-state index contributed by atoms with van der Waals surface area (Å²) in [6.07, 6.45) is 4.88. The van der Waals surface area contributed by atoms with Crippen LogP contribution in [0.5, 0.6) is 0 Å². The molecule has 102 valence electrons. The van der Waals surface area contributed by atoms with Crippen LogP contribution in [0, 0.1) is 5.41 Å². The molecule has 1 rings (SSSR count). The first-order valence-electron chi connectivity index (χ1n) is 6.68. The maximum absolute atomic E-state index is 4.04. The summed E-state index contributed by atoms with van der Waals surface area (Å²) in [6.45, 7) is 8.96. The number of aromatic nitrogens is 1. The zero-order valence-corrected chi connectivity index (χ0v) is 12.4. The van der Waals surface area contributed by atoms with Crippen LogP contribution in [-0.4, -0.2) is 36.6 Å². The number of nitrogens with zero attached hydrogens (tertiary/aromatic N) is 2. The maximum Gasteiger partial charge on any atom is 0.0271 e. The molecule has 0 bridgehead atoms. The highest BCUT2D eigenvalue weighted by Gasteiger charge is 2.22. The molecule has 0 amide bonds. The summed E-state index contributed by atoms with van der Waals surface area (Å²) in [7, 11) is 4.23. The summed E-state index contributed by atoms with van der Waals surface area (Å²) in [5, 5.41) is 3.42. The van der Waals surface area contributed by atoms with Gasteiger partial charge in [-0.25, -0.2) is 0 Å². The third-order valence-electron chi connectivity index (χ3n) is 3.40. The number of hydrogen-bond donors (Lipinski definition) is 1. The second-order valence-electron chi connectivity index (χ2n) is 6.09. The summed E-state index contributed by atoms with van der Waals surface area (Å²) in [6, 6.07) is 4.71. The normalized spacial score (nSPS) is 13.9. The molecule has 0 aliphatic heterocycles. The Hall–Kier alpha value is -0.930. The van der Waals surface area contributed by atoms with Gasteiger partial charge in [-0.05, 0) is 50.2 Å². The van der Waals surface area contributed by atoms with Crippen LogP contribution in [0.2, 0.25) is 0 Å². The second kappa shape index (κ2) is 6.86. The van der Waals surface area contributed by atoms with Crippen molar-refractivity contribution >= 4 is 0 Å². The Morgan fingerprint density at radius 1 is 1.28 bits per heavy atom. The van der Waals surface area contributed by atoms with Gasteiger partial charge in [-0.15, -0.1) is 0 Å². The van der Waals surface area contributed by atoms with E-state index in [2.05, 4.69) is 62.2 Å². The first-order chi connectivity index (χ1) is 8.43. The van der Waals surface area contributed by atoms with Crippen LogP contribution in [0.3, 0.4) is 0 Å². The van der Waals surface area contributed by atoms with Crippen molar-refractivity contribution in [1.29, 1.82) is 0 Å². The first kappa shape index (κ1) is 15.1. The van der Waals surface area contributed by atoms with E-state index in [-0.39, 0.29) is 0 Å². The molecule has 1 aromatic heterocycles. The van der Waals surface area contributed by atoms with Gasteiger partial charge in [0, 0.05) is 25.0 Å². The monoisotopic (exact) mass is 249 g/mol. The van der Waals surface area contributed by atoms with Crippen LogP contribution in [0.15, 0.2) is 24.5 Å². The Bertz CT molecular complexity index is 329. The highest BCUT2D eigenvalue weighted by atomic mass is 15.1. The maximum atomic E-state index is 4.04. The molecule has 0 fully saturated rings. The summed E-state index contributed by atoms with van der Waals surface area (Å²) in [4.78, 5) is 6.41. The van der Waals surface area contributed by atoms with Gasteiger partial charge in [0.1, 0.15) is 0 Å². The average Bonchev–Trinajstić information content (AvgIpc) is 2.29. The summed E-state index contributed by atoms with van der Waals surface area (Å²) < 4.78 is 0. The van der Waals surface area contributed by atoms with Gasteiger partial charge in [0.15, 0.2) is 0 Å². The molecule has 0 spiro atoms. The van der Waals surface area contributed by atoms with E-state index in [1.54, 1.807) is 0 Å². The topological polar surface area (TPSA) is 28.2 Å². The van der Waals surface area contributed by atoms with E-state index < -0.39 is 0 Å². The van der Waals surface area contributed by atoms with Gasteiger partial charge in [-0.2, -0.15) is 0 Å². The average molecular weight is 249 g/mol. The fourth-order valence-corrected chi connectivity index (χ4v) is 2.24. The minimum absolute atomic E-state index is 0.312. The van der Waals surface area contributed by atoms with Crippen molar-refractivity contribution in [2.24, 2.45) is 5.41 Å². The van der Waals surface area contributed by atoms with Gasteiger partial charge < -0.3 is 10.2 Å². The zero-order valence-electron chi connectivity index (χ0n) is 12.4. The van der Waals surface area contributed by atoms with Crippen molar-refractivity contribution in [2.45, 2.75) is 39.8 Å². The molecule has 1 unspecified atom stereocenters. The lowest BCUT2D eigenvalue weighted by molar-refractivity contribution is 0.227. The predicted octanol–water partition coefficient (Wildman–Crippen LogP) is 2.54. The Kier molecular flexibility index (Phi) is 5.76.